The second-order valence-electron chi connectivity index (χ2n) is 4.60. The quantitative estimate of drug-likeness (QED) is 0.861. The summed E-state index contributed by atoms with van der Waals surface area (Å²) in [6, 6.07) is 4.65. The van der Waals surface area contributed by atoms with E-state index in [4.69, 9.17) is 4.74 Å². The zero-order valence-corrected chi connectivity index (χ0v) is 13.8. The first kappa shape index (κ1) is 15.7. The average molecular weight is 354 g/mol. The van der Waals surface area contributed by atoms with Gasteiger partial charge in [0.15, 0.2) is 11.6 Å². The van der Waals surface area contributed by atoms with Crippen molar-refractivity contribution in [3.63, 3.8) is 0 Å². The lowest BCUT2D eigenvalue weighted by molar-refractivity contribution is 0.421. The van der Waals surface area contributed by atoms with Crippen LogP contribution in [0.3, 0.4) is 0 Å². The van der Waals surface area contributed by atoms with Gasteiger partial charge in [-0.3, -0.25) is 0 Å². The van der Waals surface area contributed by atoms with Crippen molar-refractivity contribution in [2.24, 2.45) is 0 Å². The third-order valence-corrected chi connectivity index (χ3v) is 3.45. The molecular weight excluding hydrogens is 337 g/mol. The number of aryl methyl sites for hydroxylation is 1. The maximum Gasteiger partial charge on any atom is 0.227 e. The van der Waals surface area contributed by atoms with Crippen molar-refractivity contribution in [1.82, 2.24) is 9.97 Å². The molecule has 0 aliphatic carbocycles. The minimum Gasteiger partial charge on any atom is -0.435 e. The summed E-state index contributed by atoms with van der Waals surface area (Å²) in [7, 11) is 1.79. The van der Waals surface area contributed by atoms with E-state index in [1.807, 2.05) is 6.92 Å². The highest BCUT2D eigenvalue weighted by Gasteiger charge is 2.14. The van der Waals surface area contributed by atoms with Crippen LogP contribution in [0.1, 0.15) is 24.7 Å². The SMILES string of the molecule is CCCc1nc(NC)c(C)c(Oc2ccc(Br)cc2F)n1. The minimum absolute atomic E-state index is 0.143. The molecule has 0 saturated carbocycles. The van der Waals surface area contributed by atoms with Crippen molar-refractivity contribution in [1.29, 1.82) is 0 Å². The number of anilines is 1. The van der Waals surface area contributed by atoms with E-state index in [1.54, 1.807) is 19.2 Å². The second kappa shape index (κ2) is 6.85. The van der Waals surface area contributed by atoms with E-state index < -0.39 is 5.82 Å². The summed E-state index contributed by atoms with van der Waals surface area (Å²) in [4.78, 5) is 8.79. The molecule has 0 radical (unpaired) electrons. The molecule has 0 spiro atoms. The van der Waals surface area contributed by atoms with E-state index in [2.05, 4.69) is 38.1 Å². The number of nitrogens with one attached hydrogen (secondary N) is 1. The molecule has 21 heavy (non-hydrogen) atoms. The smallest absolute Gasteiger partial charge is 0.227 e. The van der Waals surface area contributed by atoms with Gasteiger partial charge >= 0.3 is 0 Å². The van der Waals surface area contributed by atoms with Crippen LogP contribution in [0.4, 0.5) is 10.2 Å². The Morgan fingerprint density at radius 1 is 1.33 bits per heavy atom. The van der Waals surface area contributed by atoms with Gasteiger partial charge in [0.25, 0.3) is 0 Å². The van der Waals surface area contributed by atoms with Gasteiger partial charge in [0.2, 0.25) is 5.88 Å². The number of rotatable bonds is 5. The first-order valence-electron chi connectivity index (χ1n) is 6.73. The van der Waals surface area contributed by atoms with Gasteiger partial charge in [-0.15, -0.1) is 0 Å². The highest BCUT2D eigenvalue weighted by molar-refractivity contribution is 9.10. The Balaban J connectivity index is 2.40. The van der Waals surface area contributed by atoms with Crippen LogP contribution in [-0.2, 0) is 6.42 Å². The zero-order valence-electron chi connectivity index (χ0n) is 12.2. The average Bonchev–Trinajstić information content (AvgIpc) is 2.45. The van der Waals surface area contributed by atoms with Gasteiger partial charge in [-0.1, -0.05) is 22.9 Å². The van der Waals surface area contributed by atoms with E-state index in [0.717, 1.165) is 18.4 Å². The number of hydrogen-bond acceptors (Lipinski definition) is 4. The fourth-order valence-corrected chi connectivity index (χ4v) is 2.21. The van der Waals surface area contributed by atoms with Crippen molar-refractivity contribution in [3.8, 4) is 11.6 Å². The topological polar surface area (TPSA) is 47.0 Å². The lowest BCUT2D eigenvalue weighted by Crippen LogP contribution is -2.05. The summed E-state index contributed by atoms with van der Waals surface area (Å²) in [5.74, 6) is 1.45. The normalized spacial score (nSPS) is 10.5. The van der Waals surface area contributed by atoms with Crippen molar-refractivity contribution < 1.29 is 9.13 Å². The fourth-order valence-electron chi connectivity index (χ4n) is 1.88. The predicted molar refractivity (Wildman–Crippen MR) is 84.5 cm³/mol. The van der Waals surface area contributed by atoms with Crippen LogP contribution in [0, 0.1) is 12.7 Å². The summed E-state index contributed by atoms with van der Waals surface area (Å²) >= 11 is 3.22. The third-order valence-electron chi connectivity index (χ3n) is 2.96. The molecule has 0 aliphatic rings. The second-order valence-corrected chi connectivity index (χ2v) is 5.51. The highest BCUT2D eigenvalue weighted by atomic mass is 79.9. The summed E-state index contributed by atoms with van der Waals surface area (Å²) < 4.78 is 20.2. The zero-order chi connectivity index (χ0) is 15.4. The molecular formula is C15H17BrFN3O. The Bertz CT molecular complexity index is 649. The fraction of sp³-hybridized carbons (Fsp3) is 0.333. The number of benzene rings is 1. The van der Waals surface area contributed by atoms with Gasteiger partial charge in [0, 0.05) is 17.9 Å². The monoisotopic (exact) mass is 353 g/mol. The molecule has 1 aromatic heterocycles. The Labute approximate surface area is 131 Å². The number of ether oxygens (including phenoxy) is 1. The Hall–Kier alpha value is -1.69. The number of nitrogens with zero attached hydrogens (tertiary/aromatic N) is 2. The minimum atomic E-state index is -0.439. The predicted octanol–water partition coefficient (Wildman–Crippen LogP) is 4.47. The molecule has 0 amide bonds. The van der Waals surface area contributed by atoms with Gasteiger partial charge in [0.05, 0.1) is 5.56 Å². The first-order valence-corrected chi connectivity index (χ1v) is 7.52. The lowest BCUT2D eigenvalue weighted by atomic mass is 10.2. The largest absolute Gasteiger partial charge is 0.435 e. The van der Waals surface area contributed by atoms with Crippen LogP contribution in [-0.4, -0.2) is 17.0 Å². The Morgan fingerprint density at radius 3 is 2.71 bits per heavy atom. The van der Waals surface area contributed by atoms with Gasteiger partial charge in [-0.25, -0.2) is 9.37 Å². The summed E-state index contributed by atoms with van der Waals surface area (Å²) in [5.41, 5.74) is 0.750. The molecule has 2 aromatic rings. The molecule has 6 heteroatoms. The van der Waals surface area contributed by atoms with Crippen molar-refractivity contribution in [2.75, 3.05) is 12.4 Å². The molecule has 112 valence electrons. The van der Waals surface area contributed by atoms with Gasteiger partial charge in [0.1, 0.15) is 11.6 Å². The number of aromatic nitrogens is 2. The van der Waals surface area contributed by atoms with E-state index in [0.29, 0.717) is 22.0 Å². The molecule has 1 aromatic carbocycles. The third kappa shape index (κ3) is 3.69. The summed E-state index contributed by atoms with van der Waals surface area (Å²) in [5, 5.41) is 3.01. The highest BCUT2D eigenvalue weighted by Crippen LogP contribution is 2.30. The van der Waals surface area contributed by atoms with Gasteiger partial charge in [-0.2, -0.15) is 4.98 Å². The van der Waals surface area contributed by atoms with Crippen LogP contribution in [0.15, 0.2) is 22.7 Å². The van der Waals surface area contributed by atoms with Crippen molar-refractivity contribution in [3.05, 3.63) is 39.9 Å². The Kier molecular flexibility index (Phi) is 5.12. The van der Waals surface area contributed by atoms with E-state index >= 15 is 0 Å². The molecule has 1 heterocycles. The number of halogens is 2. The van der Waals surface area contributed by atoms with Crippen LogP contribution in [0.5, 0.6) is 11.6 Å². The molecule has 1 N–H and O–H groups in total. The molecule has 4 nitrogen and oxygen atoms in total. The molecule has 0 bridgehead atoms. The molecule has 0 aliphatic heterocycles. The maximum absolute atomic E-state index is 13.9. The van der Waals surface area contributed by atoms with Crippen LogP contribution < -0.4 is 10.1 Å². The maximum atomic E-state index is 13.9. The van der Waals surface area contributed by atoms with Crippen molar-refractivity contribution in [2.45, 2.75) is 26.7 Å². The first-order chi connectivity index (χ1) is 10.0. The van der Waals surface area contributed by atoms with E-state index in [9.17, 15) is 4.39 Å². The van der Waals surface area contributed by atoms with Gasteiger partial charge in [-0.05, 0) is 31.5 Å². The standard InChI is InChI=1S/C15H17BrFN3O/c1-4-5-13-19-14(18-3)9(2)15(20-13)21-12-7-6-10(16)8-11(12)17/h6-8H,4-5H2,1-3H3,(H,18,19,20). The van der Waals surface area contributed by atoms with E-state index in [1.165, 1.54) is 6.07 Å². The molecule has 0 atom stereocenters. The Morgan fingerprint density at radius 2 is 2.10 bits per heavy atom. The summed E-state index contributed by atoms with van der Waals surface area (Å²) in [6.07, 6.45) is 1.67. The molecule has 2 rings (SSSR count). The van der Waals surface area contributed by atoms with Crippen LogP contribution in [0.25, 0.3) is 0 Å². The number of hydrogen-bond donors (Lipinski definition) is 1. The lowest BCUT2D eigenvalue weighted by Gasteiger charge is -2.13. The van der Waals surface area contributed by atoms with E-state index in [-0.39, 0.29) is 5.75 Å². The summed E-state index contributed by atoms with van der Waals surface area (Å²) in [6.45, 7) is 3.89. The van der Waals surface area contributed by atoms with Crippen LogP contribution >= 0.6 is 15.9 Å². The van der Waals surface area contributed by atoms with Crippen molar-refractivity contribution >= 4 is 21.7 Å². The molecule has 0 fully saturated rings. The van der Waals surface area contributed by atoms with Crippen LogP contribution in [0.2, 0.25) is 0 Å². The van der Waals surface area contributed by atoms with Gasteiger partial charge < -0.3 is 10.1 Å². The molecule has 0 unspecified atom stereocenters. The molecule has 0 saturated heterocycles.